The Morgan fingerprint density at radius 2 is 1.95 bits per heavy atom. The van der Waals surface area contributed by atoms with Gasteiger partial charge in [-0.1, -0.05) is 30.3 Å². The molecule has 0 aromatic heterocycles. The summed E-state index contributed by atoms with van der Waals surface area (Å²) < 4.78 is 13.2. The number of amides is 1. The number of hydrogen-bond donors (Lipinski definition) is 3. The average Bonchev–Trinajstić information content (AvgIpc) is 2.44. The number of nitrogens with one attached hydrogen (secondary N) is 1. The van der Waals surface area contributed by atoms with Crippen molar-refractivity contribution < 1.29 is 14.3 Å². The molecule has 2 rings (SSSR count). The molecular weight excluding hydrogens is 259 g/mol. The molecule has 2 aromatic rings. The number of rotatable bonds is 4. The molecule has 0 heterocycles. The van der Waals surface area contributed by atoms with Gasteiger partial charge in [-0.05, 0) is 23.8 Å². The minimum Gasteiger partial charge on any atom is -0.399 e. The van der Waals surface area contributed by atoms with E-state index >= 15 is 0 Å². The van der Waals surface area contributed by atoms with Crippen LogP contribution in [0.3, 0.4) is 0 Å². The lowest BCUT2D eigenvalue weighted by atomic mass is 10.1. The van der Waals surface area contributed by atoms with Crippen LogP contribution >= 0.6 is 0 Å². The molecule has 0 saturated carbocycles. The van der Waals surface area contributed by atoms with E-state index in [0.29, 0.717) is 0 Å². The number of hydrogen-bond acceptors (Lipinski definition) is 3. The van der Waals surface area contributed by atoms with Gasteiger partial charge in [-0.15, -0.1) is 0 Å². The quantitative estimate of drug-likeness (QED) is 0.745. The predicted molar refractivity (Wildman–Crippen MR) is 74.5 cm³/mol. The fourth-order valence-electron chi connectivity index (χ4n) is 1.90. The number of benzene rings is 2. The Hall–Kier alpha value is -2.40. The van der Waals surface area contributed by atoms with Crippen LogP contribution in [0.1, 0.15) is 22.0 Å². The highest BCUT2D eigenvalue weighted by molar-refractivity contribution is 5.95. The van der Waals surface area contributed by atoms with Gasteiger partial charge in [0.15, 0.2) is 0 Å². The van der Waals surface area contributed by atoms with Crippen molar-refractivity contribution in [3.63, 3.8) is 0 Å². The molecular formula is C15H15FN2O2. The van der Waals surface area contributed by atoms with Crippen molar-refractivity contribution in [2.24, 2.45) is 0 Å². The van der Waals surface area contributed by atoms with Gasteiger partial charge in [0.05, 0.1) is 12.6 Å². The molecule has 4 N–H and O–H groups in total. The monoisotopic (exact) mass is 274 g/mol. The fourth-order valence-corrected chi connectivity index (χ4v) is 1.90. The van der Waals surface area contributed by atoms with Crippen molar-refractivity contribution in [2.75, 3.05) is 12.3 Å². The van der Waals surface area contributed by atoms with Crippen LogP contribution in [0.25, 0.3) is 0 Å². The molecule has 0 spiro atoms. The molecule has 1 amide bonds. The van der Waals surface area contributed by atoms with E-state index in [-0.39, 0.29) is 17.9 Å². The van der Waals surface area contributed by atoms with Crippen LogP contribution in [0, 0.1) is 5.82 Å². The van der Waals surface area contributed by atoms with Crippen LogP contribution in [-0.2, 0) is 0 Å². The Morgan fingerprint density at radius 3 is 2.55 bits per heavy atom. The summed E-state index contributed by atoms with van der Waals surface area (Å²) in [4.78, 5) is 12.0. The molecule has 0 aliphatic rings. The largest absolute Gasteiger partial charge is 0.399 e. The fraction of sp³-hybridized carbons (Fsp3) is 0.133. The number of nitrogen functional groups attached to an aromatic ring is 1. The van der Waals surface area contributed by atoms with Crippen molar-refractivity contribution >= 4 is 11.6 Å². The standard InChI is InChI=1S/C15H15FN2O2/c16-12-6-11(7-13(17)8-12)15(20)18-14(9-19)10-4-2-1-3-5-10/h1-8,14,19H,9,17H2,(H,18,20). The summed E-state index contributed by atoms with van der Waals surface area (Å²) in [5, 5.41) is 12.0. The maximum Gasteiger partial charge on any atom is 0.252 e. The summed E-state index contributed by atoms with van der Waals surface area (Å²) in [6.45, 7) is -0.249. The number of aliphatic hydroxyl groups excluding tert-OH is 1. The van der Waals surface area contributed by atoms with E-state index in [1.54, 1.807) is 12.1 Å². The number of carbonyl (C=O) groups excluding carboxylic acids is 1. The average molecular weight is 274 g/mol. The van der Waals surface area contributed by atoms with Crippen LogP contribution in [0.15, 0.2) is 48.5 Å². The first-order chi connectivity index (χ1) is 9.60. The van der Waals surface area contributed by atoms with Gasteiger partial charge in [0.2, 0.25) is 0 Å². The molecule has 0 fully saturated rings. The lowest BCUT2D eigenvalue weighted by molar-refractivity contribution is 0.0916. The third kappa shape index (κ3) is 3.33. The van der Waals surface area contributed by atoms with Gasteiger partial charge < -0.3 is 16.2 Å². The molecule has 0 saturated heterocycles. The van der Waals surface area contributed by atoms with E-state index < -0.39 is 17.8 Å². The number of halogens is 1. The van der Waals surface area contributed by atoms with E-state index in [9.17, 15) is 14.3 Å². The molecule has 0 bridgehead atoms. The second-order valence-electron chi connectivity index (χ2n) is 4.39. The lowest BCUT2D eigenvalue weighted by Gasteiger charge is -2.17. The zero-order valence-corrected chi connectivity index (χ0v) is 10.7. The Balaban J connectivity index is 2.17. The normalized spacial score (nSPS) is 11.9. The maximum atomic E-state index is 13.2. The molecule has 20 heavy (non-hydrogen) atoms. The molecule has 0 aliphatic carbocycles. The van der Waals surface area contributed by atoms with E-state index in [4.69, 9.17) is 5.73 Å². The van der Waals surface area contributed by atoms with Gasteiger partial charge >= 0.3 is 0 Å². The summed E-state index contributed by atoms with van der Waals surface area (Å²) in [5.41, 5.74) is 6.57. The Bertz CT molecular complexity index is 582. The summed E-state index contributed by atoms with van der Waals surface area (Å²) in [6, 6.07) is 12.1. The molecule has 104 valence electrons. The first-order valence-corrected chi connectivity index (χ1v) is 6.13. The van der Waals surface area contributed by atoms with Gasteiger partial charge in [0, 0.05) is 11.3 Å². The van der Waals surface area contributed by atoms with Crippen molar-refractivity contribution in [1.29, 1.82) is 0 Å². The lowest BCUT2D eigenvalue weighted by Crippen LogP contribution is -2.30. The van der Waals surface area contributed by atoms with Crippen LogP contribution in [0.4, 0.5) is 10.1 Å². The summed E-state index contributed by atoms with van der Waals surface area (Å²) in [7, 11) is 0. The second kappa shape index (κ2) is 6.16. The number of carbonyl (C=O) groups is 1. The van der Waals surface area contributed by atoms with E-state index in [2.05, 4.69) is 5.32 Å². The molecule has 0 radical (unpaired) electrons. The first-order valence-electron chi connectivity index (χ1n) is 6.13. The highest BCUT2D eigenvalue weighted by Gasteiger charge is 2.15. The summed E-state index contributed by atoms with van der Waals surface area (Å²) >= 11 is 0. The van der Waals surface area contributed by atoms with E-state index in [0.717, 1.165) is 17.7 Å². The summed E-state index contributed by atoms with van der Waals surface area (Å²) in [5.74, 6) is -1.06. The Labute approximate surface area is 116 Å². The number of nitrogens with two attached hydrogens (primary N) is 1. The van der Waals surface area contributed by atoms with E-state index in [1.807, 2.05) is 18.2 Å². The minimum absolute atomic E-state index is 0.122. The van der Waals surface area contributed by atoms with Gasteiger partial charge in [-0.2, -0.15) is 0 Å². The van der Waals surface area contributed by atoms with Gasteiger partial charge in [-0.3, -0.25) is 4.79 Å². The third-order valence-electron chi connectivity index (χ3n) is 2.87. The minimum atomic E-state index is -0.574. The van der Waals surface area contributed by atoms with Crippen LogP contribution in [0.5, 0.6) is 0 Å². The highest BCUT2D eigenvalue weighted by Crippen LogP contribution is 2.15. The first kappa shape index (κ1) is 14.0. The van der Waals surface area contributed by atoms with Crippen LogP contribution < -0.4 is 11.1 Å². The zero-order chi connectivity index (χ0) is 14.5. The van der Waals surface area contributed by atoms with Gasteiger partial charge in [0.1, 0.15) is 5.82 Å². The molecule has 4 nitrogen and oxygen atoms in total. The summed E-state index contributed by atoms with van der Waals surface area (Å²) in [6.07, 6.45) is 0. The highest BCUT2D eigenvalue weighted by atomic mass is 19.1. The smallest absolute Gasteiger partial charge is 0.252 e. The molecule has 0 aliphatic heterocycles. The van der Waals surface area contributed by atoms with Gasteiger partial charge in [0.25, 0.3) is 5.91 Å². The van der Waals surface area contributed by atoms with Gasteiger partial charge in [-0.25, -0.2) is 4.39 Å². The predicted octanol–water partition coefficient (Wildman–Crippen LogP) is 1.87. The number of anilines is 1. The molecule has 2 aromatic carbocycles. The Morgan fingerprint density at radius 1 is 1.25 bits per heavy atom. The third-order valence-corrected chi connectivity index (χ3v) is 2.87. The molecule has 1 atom stereocenters. The molecule has 1 unspecified atom stereocenters. The maximum absolute atomic E-state index is 13.2. The van der Waals surface area contributed by atoms with Crippen molar-refractivity contribution in [2.45, 2.75) is 6.04 Å². The van der Waals surface area contributed by atoms with Crippen LogP contribution in [-0.4, -0.2) is 17.6 Å². The molecule has 5 heteroatoms. The second-order valence-corrected chi connectivity index (χ2v) is 4.39. The SMILES string of the molecule is Nc1cc(F)cc(C(=O)NC(CO)c2ccccc2)c1. The zero-order valence-electron chi connectivity index (χ0n) is 10.7. The van der Waals surface area contributed by atoms with E-state index in [1.165, 1.54) is 6.07 Å². The topological polar surface area (TPSA) is 75.4 Å². The van der Waals surface area contributed by atoms with Crippen molar-refractivity contribution in [3.8, 4) is 0 Å². The van der Waals surface area contributed by atoms with Crippen molar-refractivity contribution in [1.82, 2.24) is 5.32 Å². The van der Waals surface area contributed by atoms with Crippen molar-refractivity contribution in [3.05, 3.63) is 65.5 Å². The Kier molecular flexibility index (Phi) is 4.32. The van der Waals surface area contributed by atoms with Crippen LogP contribution in [0.2, 0.25) is 0 Å². The number of aliphatic hydroxyl groups is 1.